The summed E-state index contributed by atoms with van der Waals surface area (Å²) in [6, 6.07) is 6.39. The number of aromatic nitrogens is 1. The summed E-state index contributed by atoms with van der Waals surface area (Å²) in [4.78, 5) is 15.8. The van der Waals surface area contributed by atoms with Crippen molar-refractivity contribution in [2.75, 3.05) is 7.11 Å². The number of hydrogen-bond donors (Lipinski definition) is 2. The van der Waals surface area contributed by atoms with E-state index in [1.165, 1.54) is 48.7 Å². The van der Waals surface area contributed by atoms with Crippen LogP contribution in [0.4, 0.5) is 0 Å². The molecule has 1 heterocycles. The summed E-state index contributed by atoms with van der Waals surface area (Å²) in [7, 11) is 1.70. The molecule has 1 aromatic carbocycles. The molecular formula is C21H28N2O2. The molecule has 134 valence electrons. The quantitative estimate of drug-likeness (QED) is 0.860. The molecule has 2 aromatic rings. The maximum Gasteiger partial charge on any atom is 0.220 e. The molecule has 0 saturated heterocycles. The first-order chi connectivity index (χ1) is 12.2. The van der Waals surface area contributed by atoms with E-state index in [9.17, 15) is 4.79 Å². The molecule has 1 atom stereocenters. The van der Waals surface area contributed by atoms with Gasteiger partial charge in [0.25, 0.3) is 0 Å². The van der Waals surface area contributed by atoms with Crippen LogP contribution >= 0.6 is 0 Å². The van der Waals surface area contributed by atoms with Crippen LogP contribution in [-0.4, -0.2) is 24.0 Å². The van der Waals surface area contributed by atoms with Crippen LogP contribution in [0.3, 0.4) is 0 Å². The lowest BCUT2D eigenvalue weighted by Crippen LogP contribution is -2.35. The molecule has 1 unspecified atom stereocenters. The highest BCUT2D eigenvalue weighted by Crippen LogP contribution is 2.32. The Bertz CT molecular complexity index is 759. The van der Waals surface area contributed by atoms with Gasteiger partial charge in [0.1, 0.15) is 5.75 Å². The van der Waals surface area contributed by atoms with Crippen molar-refractivity contribution in [1.29, 1.82) is 0 Å². The van der Waals surface area contributed by atoms with Crippen LogP contribution < -0.4 is 10.1 Å². The fourth-order valence-electron chi connectivity index (χ4n) is 4.59. The Labute approximate surface area is 149 Å². The first-order valence-electron chi connectivity index (χ1n) is 9.70. The number of nitrogens with one attached hydrogen (secondary N) is 2. The second-order valence-electron chi connectivity index (χ2n) is 7.71. The largest absolute Gasteiger partial charge is 0.497 e. The van der Waals surface area contributed by atoms with Crippen LogP contribution in [0.25, 0.3) is 10.9 Å². The molecule has 1 fully saturated rings. The second kappa shape index (κ2) is 7.11. The average molecular weight is 340 g/mol. The van der Waals surface area contributed by atoms with Gasteiger partial charge in [-0.1, -0.05) is 32.1 Å². The Balaban J connectivity index is 1.34. The highest BCUT2D eigenvalue weighted by molar-refractivity contribution is 5.87. The van der Waals surface area contributed by atoms with Gasteiger partial charge in [-0.15, -0.1) is 0 Å². The highest BCUT2D eigenvalue weighted by atomic mass is 16.5. The Morgan fingerprint density at radius 3 is 2.88 bits per heavy atom. The van der Waals surface area contributed by atoms with Crippen LogP contribution in [0.15, 0.2) is 18.2 Å². The number of hydrogen-bond acceptors (Lipinski definition) is 2. The van der Waals surface area contributed by atoms with Gasteiger partial charge in [0, 0.05) is 35.5 Å². The number of amides is 1. The van der Waals surface area contributed by atoms with E-state index in [1.807, 2.05) is 6.07 Å². The average Bonchev–Trinajstić information content (AvgIpc) is 3.17. The fraction of sp³-hybridized carbons (Fsp3) is 0.571. The van der Waals surface area contributed by atoms with Gasteiger partial charge in [-0.3, -0.25) is 4.79 Å². The Kier molecular flexibility index (Phi) is 4.69. The van der Waals surface area contributed by atoms with Crippen molar-refractivity contribution >= 4 is 16.8 Å². The van der Waals surface area contributed by atoms with Crippen molar-refractivity contribution in [3.63, 3.8) is 0 Å². The lowest BCUT2D eigenvalue weighted by molar-refractivity contribution is -0.122. The molecule has 1 saturated carbocycles. The molecule has 1 aromatic heterocycles. The predicted molar refractivity (Wildman–Crippen MR) is 100.0 cm³/mol. The van der Waals surface area contributed by atoms with Gasteiger partial charge in [0.05, 0.1) is 7.11 Å². The van der Waals surface area contributed by atoms with E-state index >= 15 is 0 Å². The van der Waals surface area contributed by atoms with E-state index < -0.39 is 0 Å². The predicted octanol–water partition coefficient (Wildman–Crippen LogP) is 4.12. The van der Waals surface area contributed by atoms with Gasteiger partial charge in [-0.25, -0.2) is 0 Å². The van der Waals surface area contributed by atoms with Crippen LogP contribution in [0.1, 0.15) is 56.2 Å². The summed E-state index contributed by atoms with van der Waals surface area (Å²) < 4.78 is 5.35. The van der Waals surface area contributed by atoms with E-state index in [0.29, 0.717) is 6.42 Å². The van der Waals surface area contributed by atoms with Crippen LogP contribution in [0.2, 0.25) is 0 Å². The maximum absolute atomic E-state index is 12.3. The van der Waals surface area contributed by atoms with Crippen LogP contribution in [0, 0.1) is 5.92 Å². The second-order valence-corrected chi connectivity index (χ2v) is 7.71. The zero-order valence-electron chi connectivity index (χ0n) is 15.1. The zero-order valence-corrected chi connectivity index (χ0v) is 15.1. The molecule has 4 nitrogen and oxygen atoms in total. The summed E-state index contributed by atoms with van der Waals surface area (Å²) in [5.41, 5.74) is 3.76. The SMILES string of the molecule is COc1ccc2[nH]c3c(c2c1)CC(NC(=O)CCC1CCCCC1)C3. The fourth-order valence-corrected chi connectivity index (χ4v) is 4.59. The number of fused-ring (bicyclic) bond motifs is 3. The minimum absolute atomic E-state index is 0.225. The molecule has 2 aliphatic rings. The minimum Gasteiger partial charge on any atom is -0.497 e. The minimum atomic E-state index is 0.225. The van der Waals surface area contributed by atoms with Crippen molar-refractivity contribution < 1.29 is 9.53 Å². The number of carbonyl (C=O) groups is 1. The molecule has 2 aliphatic carbocycles. The molecule has 2 N–H and O–H groups in total. The smallest absolute Gasteiger partial charge is 0.220 e. The number of carbonyl (C=O) groups excluding carboxylic acids is 1. The number of H-pyrrole nitrogens is 1. The van der Waals surface area contributed by atoms with Crippen molar-refractivity contribution in [2.45, 2.75) is 63.8 Å². The summed E-state index contributed by atoms with van der Waals surface area (Å²) in [5.74, 6) is 1.88. The van der Waals surface area contributed by atoms with Gasteiger partial charge in [-0.2, -0.15) is 0 Å². The highest BCUT2D eigenvalue weighted by Gasteiger charge is 2.27. The zero-order chi connectivity index (χ0) is 17.2. The van der Waals surface area contributed by atoms with Crippen LogP contribution in [-0.2, 0) is 17.6 Å². The molecule has 25 heavy (non-hydrogen) atoms. The summed E-state index contributed by atoms with van der Waals surface area (Å²) in [6.45, 7) is 0. The van der Waals surface area contributed by atoms with Crippen LogP contribution in [0.5, 0.6) is 5.75 Å². The third-order valence-corrected chi connectivity index (χ3v) is 5.97. The summed E-state index contributed by atoms with van der Waals surface area (Å²) in [6.07, 6.45) is 10.3. The third kappa shape index (κ3) is 3.53. The van der Waals surface area contributed by atoms with Gasteiger partial charge in [0.2, 0.25) is 5.91 Å². The molecule has 1 amide bonds. The molecular weight excluding hydrogens is 312 g/mol. The molecule has 0 spiro atoms. The van der Waals surface area contributed by atoms with Crippen molar-refractivity contribution in [2.24, 2.45) is 5.92 Å². The monoisotopic (exact) mass is 340 g/mol. The molecule has 0 bridgehead atoms. The summed E-state index contributed by atoms with van der Waals surface area (Å²) >= 11 is 0. The lowest BCUT2D eigenvalue weighted by atomic mass is 9.86. The van der Waals surface area contributed by atoms with E-state index in [-0.39, 0.29) is 11.9 Å². The van der Waals surface area contributed by atoms with Crippen molar-refractivity contribution in [3.8, 4) is 5.75 Å². The number of benzene rings is 1. The Morgan fingerprint density at radius 2 is 2.08 bits per heavy atom. The number of rotatable bonds is 5. The molecule has 0 aliphatic heterocycles. The van der Waals surface area contributed by atoms with Gasteiger partial charge < -0.3 is 15.0 Å². The van der Waals surface area contributed by atoms with Crippen molar-refractivity contribution in [1.82, 2.24) is 10.3 Å². The Morgan fingerprint density at radius 1 is 1.24 bits per heavy atom. The topological polar surface area (TPSA) is 54.1 Å². The lowest BCUT2D eigenvalue weighted by Gasteiger charge is -2.21. The van der Waals surface area contributed by atoms with Crippen molar-refractivity contribution in [3.05, 3.63) is 29.5 Å². The number of aromatic amines is 1. The molecule has 4 heteroatoms. The number of methoxy groups -OCH3 is 1. The molecule has 4 rings (SSSR count). The molecule has 0 radical (unpaired) electrons. The Hall–Kier alpha value is -1.97. The van der Waals surface area contributed by atoms with E-state index in [2.05, 4.69) is 22.4 Å². The third-order valence-electron chi connectivity index (χ3n) is 5.97. The first-order valence-corrected chi connectivity index (χ1v) is 9.70. The van der Waals surface area contributed by atoms with Gasteiger partial charge >= 0.3 is 0 Å². The number of ether oxygens (including phenoxy) is 1. The van der Waals surface area contributed by atoms with E-state index in [1.54, 1.807) is 7.11 Å². The van der Waals surface area contributed by atoms with E-state index in [0.717, 1.165) is 36.4 Å². The van der Waals surface area contributed by atoms with Gasteiger partial charge in [-0.05, 0) is 42.5 Å². The normalized spacial score (nSPS) is 20.6. The summed E-state index contributed by atoms with van der Waals surface area (Å²) in [5, 5.41) is 4.48. The maximum atomic E-state index is 12.3. The van der Waals surface area contributed by atoms with E-state index in [4.69, 9.17) is 4.74 Å². The standard InChI is InChI=1S/C21H28N2O2/c1-25-16-8-9-19-18(13-16)17-11-15(12-20(17)23-19)22-21(24)10-7-14-5-3-2-4-6-14/h8-9,13-15,23H,2-7,10-12H2,1H3,(H,22,24). The first kappa shape index (κ1) is 16.5. The van der Waals surface area contributed by atoms with Gasteiger partial charge in [0.15, 0.2) is 0 Å².